The van der Waals surface area contributed by atoms with Crippen LogP contribution in [0.3, 0.4) is 0 Å². The summed E-state index contributed by atoms with van der Waals surface area (Å²) in [6, 6.07) is 10.6. The first-order chi connectivity index (χ1) is 11.6. The molecule has 0 bridgehead atoms. The molecule has 24 heavy (non-hydrogen) atoms. The van der Waals surface area contributed by atoms with E-state index in [1.165, 1.54) is 24.5 Å². The van der Waals surface area contributed by atoms with Gasteiger partial charge in [-0.1, -0.05) is 32.4 Å². The van der Waals surface area contributed by atoms with Gasteiger partial charge in [0.2, 0.25) is 0 Å². The van der Waals surface area contributed by atoms with E-state index in [-0.39, 0.29) is 17.9 Å². The fourth-order valence-corrected chi connectivity index (χ4v) is 2.62. The Bertz CT molecular complexity index is 809. The van der Waals surface area contributed by atoms with Gasteiger partial charge in [-0.25, -0.2) is 4.98 Å². The van der Waals surface area contributed by atoms with Gasteiger partial charge in [-0.3, -0.25) is 4.79 Å². The molecule has 1 amide bonds. The monoisotopic (exact) mass is 324 g/mol. The molecule has 124 valence electrons. The molecule has 0 fully saturated rings. The molecule has 0 saturated carbocycles. The highest BCUT2D eigenvalue weighted by Crippen LogP contribution is 2.25. The van der Waals surface area contributed by atoms with Gasteiger partial charge >= 0.3 is 0 Å². The summed E-state index contributed by atoms with van der Waals surface area (Å²) < 4.78 is 0.655. The van der Waals surface area contributed by atoms with Crippen LogP contribution in [0.2, 0.25) is 0 Å². The maximum Gasteiger partial charge on any atom is 0.252 e. The lowest BCUT2D eigenvalue weighted by Crippen LogP contribution is -2.34. The number of nitrogens with one attached hydrogen (secondary N) is 2. The van der Waals surface area contributed by atoms with Crippen LogP contribution in [0.5, 0.6) is 0 Å². The van der Waals surface area contributed by atoms with Crippen LogP contribution in [0.4, 0.5) is 0 Å². The topological polar surface area (TPSA) is 84.7 Å². The molecule has 2 aromatic heterocycles. The van der Waals surface area contributed by atoms with E-state index >= 15 is 0 Å². The lowest BCUT2D eigenvalue weighted by Gasteiger charge is -2.22. The molecular formula is C18H20N4O2. The van der Waals surface area contributed by atoms with Crippen molar-refractivity contribution in [3.63, 3.8) is 0 Å². The van der Waals surface area contributed by atoms with E-state index in [4.69, 9.17) is 0 Å². The van der Waals surface area contributed by atoms with Gasteiger partial charge in [-0.05, 0) is 18.1 Å². The maximum atomic E-state index is 12.5. The van der Waals surface area contributed by atoms with Crippen molar-refractivity contribution >= 4 is 16.9 Å². The standard InChI is InChI=1S/C18H20N4O2/c1-3-12(2)16(17-19-14-6-4-5-7-15(14)20-17)21-18(23)13-8-10-22(24)11-9-13/h4-12,16H,3H2,1-2H3,(H,19,20)(H,21,23)/t12-,16-/m0/s1. The Morgan fingerprint density at radius 1 is 1.29 bits per heavy atom. The van der Waals surface area contributed by atoms with Crippen LogP contribution in [0.25, 0.3) is 11.0 Å². The Kier molecular flexibility index (Phi) is 4.46. The van der Waals surface area contributed by atoms with Crippen molar-refractivity contribution in [3.8, 4) is 0 Å². The maximum absolute atomic E-state index is 12.5. The smallest absolute Gasteiger partial charge is 0.252 e. The second-order valence-electron chi connectivity index (χ2n) is 5.92. The molecule has 0 saturated heterocycles. The molecule has 0 radical (unpaired) electrons. The first kappa shape index (κ1) is 16.0. The van der Waals surface area contributed by atoms with E-state index in [2.05, 4.69) is 29.1 Å². The van der Waals surface area contributed by atoms with Gasteiger partial charge < -0.3 is 15.5 Å². The first-order valence-corrected chi connectivity index (χ1v) is 8.03. The predicted octanol–water partition coefficient (Wildman–Crippen LogP) is 2.71. The second-order valence-corrected chi connectivity index (χ2v) is 5.92. The fourth-order valence-electron chi connectivity index (χ4n) is 2.62. The zero-order chi connectivity index (χ0) is 17.1. The Morgan fingerprint density at radius 2 is 2.00 bits per heavy atom. The van der Waals surface area contributed by atoms with Crippen LogP contribution in [0.15, 0.2) is 48.8 Å². The molecule has 6 nitrogen and oxygen atoms in total. The summed E-state index contributed by atoms with van der Waals surface area (Å²) in [6.07, 6.45) is 3.53. The Morgan fingerprint density at radius 3 is 2.67 bits per heavy atom. The molecule has 3 rings (SSSR count). The van der Waals surface area contributed by atoms with E-state index in [0.717, 1.165) is 23.3 Å². The lowest BCUT2D eigenvalue weighted by molar-refractivity contribution is -0.605. The minimum atomic E-state index is -0.227. The third kappa shape index (κ3) is 3.22. The van der Waals surface area contributed by atoms with E-state index in [1.807, 2.05) is 24.3 Å². The number of carbonyl (C=O) groups is 1. The summed E-state index contributed by atoms with van der Waals surface area (Å²) in [5.41, 5.74) is 2.27. The lowest BCUT2D eigenvalue weighted by atomic mass is 9.98. The molecule has 2 N–H and O–H groups in total. The number of aromatic nitrogens is 3. The van der Waals surface area contributed by atoms with Crippen molar-refractivity contribution in [1.82, 2.24) is 15.3 Å². The predicted molar refractivity (Wildman–Crippen MR) is 91.2 cm³/mol. The molecule has 0 unspecified atom stereocenters. The van der Waals surface area contributed by atoms with Gasteiger partial charge in [0.25, 0.3) is 5.91 Å². The van der Waals surface area contributed by atoms with Crippen LogP contribution in [-0.4, -0.2) is 15.9 Å². The number of hydrogen-bond acceptors (Lipinski definition) is 3. The van der Waals surface area contributed by atoms with Crippen LogP contribution in [-0.2, 0) is 0 Å². The largest absolute Gasteiger partial charge is 0.619 e. The quantitative estimate of drug-likeness (QED) is 0.559. The number of nitrogens with zero attached hydrogens (tertiary/aromatic N) is 2. The molecule has 3 aromatic rings. The second kappa shape index (κ2) is 6.70. The number of para-hydroxylation sites is 2. The average molecular weight is 324 g/mol. The number of pyridine rings is 1. The molecule has 6 heteroatoms. The third-order valence-electron chi connectivity index (χ3n) is 4.27. The normalized spacial score (nSPS) is 13.6. The van der Waals surface area contributed by atoms with E-state index < -0.39 is 0 Å². The highest BCUT2D eigenvalue weighted by molar-refractivity contribution is 5.94. The molecule has 0 aliphatic carbocycles. The first-order valence-electron chi connectivity index (χ1n) is 8.03. The van der Waals surface area contributed by atoms with Crippen LogP contribution in [0, 0.1) is 11.1 Å². The fraction of sp³-hybridized carbons (Fsp3) is 0.278. The number of rotatable bonds is 5. The van der Waals surface area contributed by atoms with Crippen molar-refractivity contribution in [2.75, 3.05) is 0 Å². The average Bonchev–Trinajstić information content (AvgIpc) is 3.03. The van der Waals surface area contributed by atoms with Gasteiger partial charge in [0.05, 0.1) is 22.6 Å². The molecule has 1 aromatic carbocycles. The highest BCUT2D eigenvalue weighted by atomic mass is 16.5. The number of imidazole rings is 1. The van der Waals surface area contributed by atoms with Gasteiger partial charge in [-0.15, -0.1) is 0 Å². The number of benzene rings is 1. The van der Waals surface area contributed by atoms with Gasteiger partial charge in [-0.2, -0.15) is 4.73 Å². The third-order valence-corrected chi connectivity index (χ3v) is 4.27. The SMILES string of the molecule is CC[C@H](C)[C@H](NC(=O)c1cc[n+]([O-])cc1)c1nc2ccccc2[nH]1. The zero-order valence-electron chi connectivity index (χ0n) is 13.7. The minimum Gasteiger partial charge on any atom is -0.619 e. The summed E-state index contributed by atoms with van der Waals surface area (Å²) in [6.45, 7) is 4.16. The van der Waals surface area contributed by atoms with Crippen molar-refractivity contribution in [1.29, 1.82) is 0 Å². The summed E-state index contributed by atoms with van der Waals surface area (Å²) in [5, 5.41) is 14.1. The number of fused-ring (bicyclic) bond motifs is 1. The van der Waals surface area contributed by atoms with Gasteiger partial charge in [0.1, 0.15) is 5.82 Å². The molecule has 2 heterocycles. The zero-order valence-corrected chi connectivity index (χ0v) is 13.7. The van der Waals surface area contributed by atoms with Crippen LogP contribution >= 0.6 is 0 Å². The number of aromatic amines is 1. The number of hydrogen-bond donors (Lipinski definition) is 2. The molecule has 0 aliphatic heterocycles. The Labute approximate surface area is 140 Å². The molecule has 0 aliphatic rings. The molecular weight excluding hydrogens is 304 g/mol. The minimum absolute atomic E-state index is 0.211. The number of amides is 1. The molecule has 0 spiro atoms. The number of carbonyl (C=O) groups excluding carboxylic acids is 1. The van der Waals surface area contributed by atoms with Crippen molar-refractivity contribution in [2.24, 2.45) is 5.92 Å². The summed E-state index contributed by atoms with van der Waals surface area (Å²) >= 11 is 0. The van der Waals surface area contributed by atoms with Crippen molar-refractivity contribution < 1.29 is 9.52 Å². The van der Waals surface area contributed by atoms with Gasteiger partial charge in [0, 0.05) is 12.1 Å². The number of H-pyrrole nitrogens is 1. The van der Waals surface area contributed by atoms with E-state index in [9.17, 15) is 10.0 Å². The Hall–Kier alpha value is -2.89. The van der Waals surface area contributed by atoms with Gasteiger partial charge in [0.15, 0.2) is 12.4 Å². The van der Waals surface area contributed by atoms with Crippen LogP contribution < -0.4 is 10.0 Å². The summed E-state index contributed by atoms with van der Waals surface area (Å²) in [7, 11) is 0. The summed E-state index contributed by atoms with van der Waals surface area (Å²) in [4.78, 5) is 20.4. The van der Waals surface area contributed by atoms with Crippen molar-refractivity contribution in [3.05, 3.63) is 65.4 Å². The Balaban J connectivity index is 1.89. The highest BCUT2D eigenvalue weighted by Gasteiger charge is 2.24. The van der Waals surface area contributed by atoms with E-state index in [0.29, 0.717) is 10.3 Å². The summed E-state index contributed by atoms with van der Waals surface area (Å²) in [5.74, 6) is 0.734. The van der Waals surface area contributed by atoms with Crippen molar-refractivity contribution in [2.45, 2.75) is 26.3 Å². The molecule has 2 atom stereocenters. The van der Waals surface area contributed by atoms with E-state index in [1.54, 1.807) is 0 Å². The van der Waals surface area contributed by atoms with Crippen LogP contribution in [0.1, 0.15) is 42.5 Å².